The second-order valence-electron chi connectivity index (χ2n) is 6.74. The fourth-order valence-electron chi connectivity index (χ4n) is 2.34. The number of rotatable bonds is 7. The topological polar surface area (TPSA) is 59.8 Å². The van der Waals surface area contributed by atoms with Gasteiger partial charge in [-0.05, 0) is 29.2 Å². The summed E-state index contributed by atoms with van der Waals surface area (Å²) in [5.41, 5.74) is 1.88. The van der Waals surface area contributed by atoms with Crippen LogP contribution in [-0.4, -0.2) is 33.0 Å². The van der Waals surface area contributed by atoms with Gasteiger partial charge in [-0.3, -0.25) is 0 Å². The number of nitrogens with zero attached hydrogens (tertiary/aromatic N) is 1. The van der Waals surface area contributed by atoms with Gasteiger partial charge in [-0.15, -0.1) is 0 Å². The van der Waals surface area contributed by atoms with E-state index in [-0.39, 0.29) is 23.4 Å². The summed E-state index contributed by atoms with van der Waals surface area (Å²) in [6.07, 6.45) is 3.09. The molecule has 0 N–H and O–H groups in total. The maximum absolute atomic E-state index is 13.0. The Labute approximate surface area is 144 Å². The van der Waals surface area contributed by atoms with Gasteiger partial charge in [-0.25, -0.2) is 8.42 Å². The van der Waals surface area contributed by atoms with Crippen molar-refractivity contribution in [3.63, 3.8) is 0 Å². The van der Waals surface area contributed by atoms with E-state index in [9.17, 15) is 8.42 Å². The van der Waals surface area contributed by atoms with Gasteiger partial charge in [-0.1, -0.05) is 32.9 Å². The molecule has 1 aromatic carbocycles. The minimum atomic E-state index is -3.60. The van der Waals surface area contributed by atoms with Crippen LogP contribution in [0.4, 0.5) is 0 Å². The molecule has 0 fully saturated rings. The first-order valence-corrected chi connectivity index (χ1v) is 9.30. The van der Waals surface area contributed by atoms with E-state index < -0.39 is 10.0 Å². The van der Waals surface area contributed by atoms with Crippen LogP contribution in [0.5, 0.6) is 0 Å². The highest BCUT2D eigenvalue weighted by Crippen LogP contribution is 2.25. The number of methoxy groups -OCH3 is 1. The van der Waals surface area contributed by atoms with Crippen molar-refractivity contribution in [2.75, 3.05) is 20.3 Å². The summed E-state index contributed by atoms with van der Waals surface area (Å²) >= 11 is 0. The summed E-state index contributed by atoms with van der Waals surface area (Å²) in [6.45, 7) is 7.16. The summed E-state index contributed by atoms with van der Waals surface area (Å²) < 4.78 is 37.4. The summed E-state index contributed by atoms with van der Waals surface area (Å²) in [5, 5.41) is 0. The molecule has 6 heteroatoms. The lowest BCUT2D eigenvalue weighted by Gasteiger charge is -2.23. The smallest absolute Gasteiger partial charge is 0.243 e. The zero-order valence-electron chi connectivity index (χ0n) is 14.7. The Hall–Kier alpha value is -1.63. The minimum Gasteiger partial charge on any atom is -0.472 e. The minimum absolute atomic E-state index is 0.0190. The Bertz CT molecular complexity index is 728. The molecular weight excluding hydrogens is 326 g/mol. The highest BCUT2D eigenvalue weighted by atomic mass is 32.2. The van der Waals surface area contributed by atoms with E-state index >= 15 is 0 Å². The van der Waals surface area contributed by atoms with Crippen LogP contribution in [0.15, 0.2) is 52.2 Å². The molecule has 24 heavy (non-hydrogen) atoms. The van der Waals surface area contributed by atoms with Crippen molar-refractivity contribution in [1.29, 1.82) is 0 Å². The van der Waals surface area contributed by atoms with E-state index in [0.29, 0.717) is 6.61 Å². The summed E-state index contributed by atoms with van der Waals surface area (Å²) in [5.74, 6) is 0. The second kappa shape index (κ2) is 7.51. The molecular formula is C18H25NO4S. The van der Waals surface area contributed by atoms with E-state index in [4.69, 9.17) is 9.15 Å². The lowest BCUT2D eigenvalue weighted by atomic mass is 9.87. The van der Waals surface area contributed by atoms with E-state index in [1.807, 2.05) is 12.1 Å². The first-order chi connectivity index (χ1) is 11.2. The average Bonchev–Trinajstić information content (AvgIpc) is 3.03. The molecule has 0 saturated carbocycles. The molecule has 0 atom stereocenters. The van der Waals surface area contributed by atoms with Crippen molar-refractivity contribution in [3.8, 4) is 0 Å². The van der Waals surface area contributed by atoms with E-state index in [1.165, 1.54) is 10.6 Å². The van der Waals surface area contributed by atoms with Crippen LogP contribution in [0.2, 0.25) is 0 Å². The molecule has 0 saturated heterocycles. The van der Waals surface area contributed by atoms with Gasteiger partial charge in [0.05, 0.1) is 24.0 Å². The molecule has 2 rings (SSSR count). The molecule has 1 heterocycles. The molecule has 5 nitrogen and oxygen atoms in total. The van der Waals surface area contributed by atoms with Gasteiger partial charge in [0.25, 0.3) is 0 Å². The number of furan rings is 1. The van der Waals surface area contributed by atoms with Crippen molar-refractivity contribution >= 4 is 10.0 Å². The number of benzene rings is 1. The molecule has 1 aromatic heterocycles. The Kier molecular flexibility index (Phi) is 5.85. The predicted molar refractivity (Wildman–Crippen MR) is 93.3 cm³/mol. The standard InChI is InChI=1S/C18H25NO4S/c1-18(2,3)16-5-7-17(8-6-16)24(20,21)19(10-12-22-4)13-15-9-11-23-14-15/h5-9,11,14H,10,12-13H2,1-4H3. The molecule has 2 aromatic rings. The highest BCUT2D eigenvalue weighted by Gasteiger charge is 2.25. The van der Waals surface area contributed by atoms with Crippen LogP contribution in [0.25, 0.3) is 0 Å². The highest BCUT2D eigenvalue weighted by molar-refractivity contribution is 7.89. The monoisotopic (exact) mass is 351 g/mol. The Balaban J connectivity index is 2.29. The van der Waals surface area contributed by atoms with Gasteiger partial charge in [0.15, 0.2) is 0 Å². The lowest BCUT2D eigenvalue weighted by molar-refractivity contribution is 0.177. The molecule has 0 aliphatic carbocycles. The fourth-order valence-corrected chi connectivity index (χ4v) is 3.75. The fraction of sp³-hybridized carbons (Fsp3) is 0.444. The Morgan fingerprint density at radius 1 is 1.12 bits per heavy atom. The summed E-state index contributed by atoms with van der Waals surface area (Å²) in [7, 11) is -2.04. The third kappa shape index (κ3) is 4.47. The normalized spacial score (nSPS) is 12.7. The number of ether oxygens (including phenoxy) is 1. The zero-order chi connectivity index (χ0) is 17.8. The number of hydrogen-bond acceptors (Lipinski definition) is 4. The maximum Gasteiger partial charge on any atom is 0.243 e. The van der Waals surface area contributed by atoms with Gasteiger partial charge in [0.2, 0.25) is 10.0 Å². The van der Waals surface area contributed by atoms with Crippen LogP contribution in [0.3, 0.4) is 0 Å². The van der Waals surface area contributed by atoms with Crippen LogP contribution in [0.1, 0.15) is 31.9 Å². The van der Waals surface area contributed by atoms with E-state index in [2.05, 4.69) is 20.8 Å². The van der Waals surface area contributed by atoms with Crippen molar-refractivity contribution in [3.05, 3.63) is 54.0 Å². The number of hydrogen-bond donors (Lipinski definition) is 0. The van der Waals surface area contributed by atoms with Crippen molar-refractivity contribution in [2.24, 2.45) is 0 Å². The molecule has 132 valence electrons. The van der Waals surface area contributed by atoms with Gasteiger partial charge < -0.3 is 9.15 Å². The second-order valence-corrected chi connectivity index (χ2v) is 8.68. The Morgan fingerprint density at radius 3 is 2.29 bits per heavy atom. The molecule has 0 bridgehead atoms. The molecule has 0 radical (unpaired) electrons. The molecule has 0 spiro atoms. The maximum atomic E-state index is 13.0. The molecule has 0 unspecified atom stereocenters. The predicted octanol–water partition coefficient (Wildman–Crippen LogP) is 3.41. The van der Waals surface area contributed by atoms with Crippen LogP contribution in [0, 0.1) is 0 Å². The van der Waals surface area contributed by atoms with Gasteiger partial charge in [0.1, 0.15) is 0 Å². The van der Waals surface area contributed by atoms with Gasteiger partial charge in [-0.2, -0.15) is 4.31 Å². The average molecular weight is 351 g/mol. The molecule has 0 aliphatic rings. The van der Waals surface area contributed by atoms with Crippen LogP contribution in [-0.2, 0) is 26.7 Å². The van der Waals surface area contributed by atoms with Crippen molar-refractivity contribution in [2.45, 2.75) is 37.6 Å². The van der Waals surface area contributed by atoms with Crippen LogP contribution < -0.4 is 0 Å². The first-order valence-electron chi connectivity index (χ1n) is 7.86. The largest absolute Gasteiger partial charge is 0.472 e. The third-order valence-electron chi connectivity index (χ3n) is 3.84. The molecule has 0 amide bonds. The lowest BCUT2D eigenvalue weighted by Crippen LogP contribution is -2.33. The van der Waals surface area contributed by atoms with Gasteiger partial charge in [0, 0.05) is 25.8 Å². The van der Waals surface area contributed by atoms with Crippen LogP contribution >= 0.6 is 0 Å². The molecule has 0 aliphatic heterocycles. The van der Waals surface area contributed by atoms with Gasteiger partial charge >= 0.3 is 0 Å². The quantitative estimate of drug-likeness (QED) is 0.767. The van der Waals surface area contributed by atoms with E-state index in [0.717, 1.165) is 11.1 Å². The van der Waals surface area contributed by atoms with E-state index in [1.54, 1.807) is 31.6 Å². The Morgan fingerprint density at radius 2 is 1.79 bits per heavy atom. The number of sulfonamides is 1. The summed E-state index contributed by atoms with van der Waals surface area (Å²) in [6, 6.07) is 8.85. The van der Waals surface area contributed by atoms with Crippen molar-refractivity contribution < 1.29 is 17.6 Å². The van der Waals surface area contributed by atoms with Crippen molar-refractivity contribution in [1.82, 2.24) is 4.31 Å². The third-order valence-corrected chi connectivity index (χ3v) is 5.70. The summed E-state index contributed by atoms with van der Waals surface area (Å²) in [4.78, 5) is 0.287. The first kappa shape index (κ1) is 18.7. The zero-order valence-corrected chi connectivity index (χ0v) is 15.5. The SMILES string of the molecule is COCCN(Cc1ccoc1)S(=O)(=O)c1ccc(C(C)(C)C)cc1.